The number of rotatable bonds is 5. The van der Waals surface area contributed by atoms with Crippen LogP contribution in [0.15, 0.2) is 40.9 Å². The molecule has 0 fully saturated rings. The van der Waals surface area contributed by atoms with Gasteiger partial charge in [-0.25, -0.2) is 4.39 Å². The maximum absolute atomic E-state index is 13.6. The number of anilines is 2. The van der Waals surface area contributed by atoms with Crippen LogP contribution in [0.3, 0.4) is 0 Å². The van der Waals surface area contributed by atoms with Gasteiger partial charge in [-0.05, 0) is 36.4 Å². The quantitative estimate of drug-likeness (QED) is 0.811. The summed E-state index contributed by atoms with van der Waals surface area (Å²) in [4.78, 5) is 13.9. The molecule has 0 radical (unpaired) electrons. The highest BCUT2D eigenvalue weighted by molar-refractivity contribution is 9.10. The highest BCUT2D eigenvalue weighted by Crippen LogP contribution is 2.28. The Kier molecular flexibility index (Phi) is 5.85. The predicted molar refractivity (Wildman–Crippen MR) is 94.0 cm³/mol. The standard InChI is InChI=1S/C16H15BrClFN2O2/c1-21(2)14-5-4-11(18)8-13(14)20-16(22)9-23-15-6-3-10(17)7-12(15)19/h3-8H,9H2,1-2H3,(H,20,22). The van der Waals surface area contributed by atoms with Crippen molar-refractivity contribution in [1.82, 2.24) is 0 Å². The van der Waals surface area contributed by atoms with E-state index in [1.54, 1.807) is 24.3 Å². The zero-order chi connectivity index (χ0) is 17.0. The van der Waals surface area contributed by atoms with E-state index in [1.165, 1.54) is 12.1 Å². The minimum absolute atomic E-state index is 0.0160. The van der Waals surface area contributed by atoms with Crippen molar-refractivity contribution in [2.75, 3.05) is 30.9 Å². The molecule has 0 heterocycles. The Bertz CT molecular complexity index is 725. The molecule has 0 bridgehead atoms. The number of carbonyl (C=O) groups excluding carboxylic acids is 1. The van der Waals surface area contributed by atoms with Crippen LogP contribution in [0, 0.1) is 5.82 Å². The van der Waals surface area contributed by atoms with Crippen molar-refractivity contribution < 1.29 is 13.9 Å². The third-order valence-corrected chi connectivity index (χ3v) is 3.70. The fraction of sp³-hybridized carbons (Fsp3) is 0.188. The molecule has 122 valence electrons. The Morgan fingerprint density at radius 3 is 2.70 bits per heavy atom. The van der Waals surface area contributed by atoms with E-state index in [-0.39, 0.29) is 12.4 Å². The summed E-state index contributed by atoms with van der Waals surface area (Å²) in [6, 6.07) is 9.55. The van der Waals surface area contributed by atoms with Gasteiger partial charge in [-0.1, -0.05) is 27.5 Å². The molecule has 0 aliphatic heterocycles. The van der Waals surface area contributed by atoms with Crippen molar-refractivity contribution in [3.63, 3.8) is 0 Å². The first-order valence-corrected chi connectivity index (χ1v) is 7.88. The van der Waals surface area contributed by atoms with Crippen LogP contribution < -0.4 is 15.0 Å². The molecule has 1 N–H and O–H groups in total. The number of benzene rings is 2. The van der Waals surface area contributed by atoms with Crippen LogP contribution in [0.25, 0.3) is 0 Å². The minimum Gasteiger partial charge on any atom is -0.481 e. The number of nitrogens with one attached hydrogen (secondary N) is 1. The zero-order valence-corrected chi connectivity index (χ0v) is 14.9. The molecule has 0 spiro atoms. The van der Waals surface area contributed by atoms with Crippen molar-refractivity contribution in [3.05, 3.63) is 51.7 Å². The molecule has 0 aromatic heterocycles. The molecule has 2 aromatic rings. The lowest BCUT2D eigenvalue weighted by molar-refractivity contribution is -0.118. The highest BCUT2D eigenvalue weighted by atomic mass is 79.9. The van der Waals surface area contributed by atoms with Crippen molar-refractivity contribution in [3.8, 4) is 5.75 Å². The van der Waals surface area contributed by atoms with Gasteiger partial charge in [0.2, 0.25) is 0 Å². The van der Waals surface area contributed by atoms with Crippen LogP contribution >= 0.6 is 27.5 Å². The number of hydrogen-bond acceptors (Lipinski definition) is 3. The van der Waals surface area contributed by atoms with Gasteiger partial charge in [0.15, 0.2) is 18.2 Å². The monoisotopic (exact) mass is 400 g/mol. The Balaban J connectivity index is 2.04. The lowest BCUT2D eigenvalue weighted by atomic mass is 10.2. The molecule has 0 aliphatic rings. The third-order valence-electron chi connectivity index (χ3n) is 2.97. The van der Waals surface area contributed by atoms with Crippen LogP contribution in [0.4, 0.5) is 15.8 Å². The molecule has 1 amide bonds. The van der Waals surface area contributed by atoms with Gasteiger partial charge in [0.25, 0.3) is 5.91 Å². The van der Waals surface area contributed by atoms with Crippen LogP contribution in [-0.4, -0.2) is 26.6 Å². The summed E-state index contributed by atoms with van der Waals surface area (Å²) in [7, 11) is 3.71. The van der Waals surface area contributed by atoms with Gasteiger partial charge >= 0.3 is 0 Å². The predicted octanol–water partition coefficient (Wildman–Crippen LogP) is 4.33. The highest BCUT2D eigenvalue weighted by Gasteiger charge is 2.11. The van der Waals surface area contributed by atoms with Crippen LogP contribution in [-0.2, 0) is 4.79 Å². The van der Waals surface area contributed by atoms with E-state index in [0.717, 1.165) is 5.69 Å². The largest absolute Gasteiger partial charge is 0.481 e. The van der Waals surface area contributed by atoms with E-state index in [9.17, 15) is 9.18 Å². The molecule has 0 unspecified atom stereocenters. The number of nitrogens with zero attached hydrogens (tertiary/aromatic N) is 1. The van der Waals surface area contributed by atoms with Crippen LogP contribution in [0.5, 0.6) is 5.75 Å². The van der Waals surface area contributed by atoms with E-state index in [4.69, 9.17) is 16.3 Å². The Hall–Kier alpha value is -1.79. The van der Waals surface area contributed by atoms with Gasteiger partial charge in [-0.2, -0.15) is 0 Å². The Morgan fingerprint density at radius 2 is 2.04 bits per heavy atom. The second-order valence-corrected chi connectivity index (χ2v) is 6.32. The third kappa shape index (κ3) is 4.84. The van der Waals surface area contributed by atoms with Crippen LogP contribution in [0.2, 0.25) is 5.02 Å². The molecule has 2 aromatic carbocycles. The Labute approximate surface area is 147 Å². The van der Waals surface area contributed by atoms with Gasteiger partial charge in [0, 0.05) is 23.6 Å². The van der Waals surface area contributed by atoms with E-state index in [1.807, 2.05) is 19.0 Å². The topological polar surface area (TPSA) is 41.6 Å². The summed E-state index contributed by atoms with van der Waals surface area (Å²) < 4.78 is 19.4. The van der Waals surface area contributed by atoms with Crippen molar-refractivity contribution in [1.29, 1.82) is 0 Å². The van der Waals surface area contributed by atoms with E-state index >= 15 is 0 Å². The van der Waals surface area contributed by atoms with Crippen molar-refractivity contribution in [2.45, 2.75) is 0 Å². The van der Waals surface area contributed by atoms with Crippen LogP contribution in [0.1, 0.15) is 0 Å². The molecule has 4 nitrogen and oxygen atoms in total. The molecule has 23 heavy (non-hydrogen) atoms. The summed E-state index contributed by atoms with van der Waals surface area (Å²) in [5.41, 5.74) is 1.37. The molecular formula is C16H15BrClFN2O2. The molecule has 7 heteroatoms. The first-order chi connectivity index (χ1) is 10.9. The fourth-order valence-electron chi connectivity index (χ4n) is 1.92. The lowest BCUT2D eigenvalue weighted by Gasteiger charge is -2.18. The number of amides is 1. The number of carbonyl (C=O) groups is 1. The molecular weight excluding hydrogens is 387 g/mol. The number of ether oxygens (including phenoxy) is 1. The van der Waals surface area contributed by atoms with E-state index in [0.29, 0.717) is 15.2 Å². The van der Waals surface area contributed by atoms with Crippen molar-refractivity contribution >= 4 is 44.8 Å². The minimum atomic E-state index is -0.538. The molecule has 0 aliphatic carbocycles. The van der Waals surface area contributed by atoms with Gasteiger partial charge in [-0.3, -0.25) is 4.79 Å². The normalized spacial score (nSPS) is 10.3. The SMILES string of the molecule is CN(C)c1ccc(Cl)cc1NC(=O)COc1ccc(Br)cc1F. The molecule has 0 saturated carbocycles. The first-order valence-electron chi connectivity index (χ1n) is 6.71. The average Bonchev–Trinajstić information content (AvgIpc) is 2.46. The molecule has 2 rings (SSSR count). The van der Waals surface area contributed by atoms with Gasteiger partial charge in [0.1, 0.15) is 0 Å². The lowest BCUT2D eigenvalue weighted by Crippen LogP contribution is -2.22. The fourth-order valence-corrected chi connectivity index (χ4v) is 2.43. The zero-order valence-electron chi connectivity index (χ0n) is 12.6. The number of halogens is 3. The molecule has 0 atom stereocenters. The van der Waals surface area contributed by atoms with Gasteiger partial charge in [-0.15, -0.1) is 0 Å². The first kappa shape index (κ1) is 17.6. The van der Waals surface area contributed by atoms with E-state index in [2.05, 4.69) is 21.2 Å². The second-order valence-electron chi connectivity index (χ2n) is 4.97. The Morgan fingerprint density at radius 1 is 1.30 bits per heavy atom. The average molecular weight is 402 g/mol. The summed E-state index contributed by atoms with van der Waals surface area (Å²) in [6.45, 7) is -0.308. The van der Waals surface area contributed by atoms with Crippen molar-refractivity contribution in [2.24, 2.45) is 0 Å². The smallest absolute Gasteiger partial charge is 0.262 e. The van der Waals surface area contributed by atoms with Gasteiger partial charge in [0.05, 0.1) is 11.4 Å². The van der Waals surface area contributed by atoms with E-state index < -0.39 is 11.7 Å². The summed E-state index contributed by atoms with van der Waals surface area (Å²) in [5, 5.41) is 3.22. The molecule has 0 saturated heterocycles. The maximum atomic E-state index is 13.6. The summed E-state index contributed by atoms with van der Waals surface area (Å²) in [6.07, 6.45) is 0. The number of hydrogen-bond donors (Lipinski definition) is 1. The second kappa shape index (κ2) is 7.66. The summed E-state index contributed by atoms with van der Waals surface area (Å²) >= 11 is 9.12. The maximum Gasteiger partial charge on any atom is 0.262 e. The summed E-state index contributed by atoms with van der Waals surface area (Å²) in [5.74, 6) is -0.927. The van der Waals surface area contributed by atoms with Gasteiger partial charge < -0.3 is 15.0 Å².